The number of rotatable bonds is 5. The summed E-state index contributed by atoms with van der Waals surface area (Å²) >= 11 is 0. The normalized spacial score (nSPS) is 12.7. The lowest BCUT2D eigenvalue weighted by Gasteiger charge is -2.18. The lowest BCUT2D eigenvalue weighted by Crippen LogP contribution is -2.28. The number of fused-ring (bicyclic) bond motifs is 1. The Morgan fingerprint density at radius 1 is 1.19 bits per heavy atom. The Hall–Kier alpha value is -2.24. The van der Waals surface area contributed by atoms with Crippen molar-refractivity contribution in [1.29, 1.82) is 0 Å². The third-order valence-corrected chi connectivity index (χ3v) is 3.87. The third kappa shape index (κ3) is 2.79. The zero-order valence-electron chi connectivity index (χ0n) is 12.0. The van der Waals surface area contributed by atoms with Gasteiger partial charge in [0.05, 0.1) is 5.52 Å². The fourth-order valence-corrected chi connectivity index (χ4v) is 2.70. The Labute approximate surface area is 123 Å². The molecule has 0 fully saturated rings. The van der Waals surface area contributed by atoms with Gasteiger partial charge in [-0.05, 0) is 36.6 Å². The highest BCUT2D eigenvalue weighted by Gasteiger charge is 2.14. The van der Waals surface area contributed by atoms with E-state index >= 15 is 0 Å². The van der Waals surface area contributed by atoms with Crippen molar-refractivity contribution in [3.63, 3.8) is 0 Å². The van der Waals surface area contributed by atoms with Crippen molar-refractivity contribution in [2.45, 2.75) is 18.9 Å². The molecule has 0 saturated heterocycles. The van der Waals surface area contributed by atoms with Crippen molar-refractivity contribution >= 4 is 10.9 Å². The molecule has 0 radical (unpaired) electrons. The van der Waals surface area contributed by atoms with Crippen molar-refractivity contribution in [2.75, 3.05) is 0 Å². The Morgan fingerprint density at radius 3 is 2.86 bits per heavy atom. The number of pyridine rings is 1. The monoisotopic (exact) mass is 281 g/mol. The molecular formula is C16H19N5. The second-order valence-electron chi connectivity index (χ2n) is 5.12. The standard InChI is InChI=1S/C16H19N5/c1-21-12(9-11-19-21)7-8-16(20-17)14-4-2-6-15-13(14)5-3-10-18-15/h2-6,9-11,16,20H,7-8,17H2,1H3. The maximum Gasteiger partial charge on any atom is 0.0705 e. The first-order chi connectivity index (χ1) is 10.3. The number of hydrogen-bond donors (Lipinski definition) is 2. The predicted molar refractivity (Wildman–Crippen MR) is 83.3 cm³/mol. The van der Waals surface area contributed by atoms with E-state index in [0.29, 0.717) is 0 Å². The first-order valence-electron chi connectivity index (χ1n) is 7.06. The van der Waals surface area contributed by atoms with Crippen molar-refractivity contribution < 1.29 is 0 Å². The van der Waals surface area contributed by atoms with Crippen LogP contribution in [0.1, 0.15) is 23.7 Å². The molecule has 1 unspecified atom stereocenters. The molecule has 2 heterocycles. The first kappa shape index (κ1) is 13.7. The summed E-state index contributed by atoms with van der Waals surface area (Å²) in [7, 11) is 1.96. The number of nitrogens with two attached hydrogens (primary N) is 1. The second-order valence-corrected chi connectivity index (χ2v) is 5.12. The molecule has 108 valence electrons. The number of hydrogen-bond acceptors (Lipinski definition) is 4. The van der Waals surface area contributed by atoms with E-state index in [2.05, 4.69) is 27.6 Å². The van der Waals surface area contributed by atoms with E-state index in [-0.39, 0.29) is 6.04 Å². The molecule has 3 aromatic rings. The van der Waals surface area contributed by atoms with Gasteiger partial charge in [0.25, 0.3) is 0 Å². The van der Waals surface area contributed by atoms with Gasteiger partial charge in [0, 0.05) is 36.6 Å². The van der Waals surface area contributed by atoms with E-state index in [0.717, 1.165) is 23.7 Å². The van der Waals surface area contributed by atoms with Crippen molar-refractivity contribution in [3.8, 4) is 0 Å². The first-order valence-corrected chi connectivity index (χ1v) is 7.06. The highest BCUT2D eigenvalue weighted by Crippen LogP contribution is 2.25. The zero-order valence-corrected chi connectivity index (χ0v) is 12.0. The van der Waals surface area contributed by atoms with Gasteiger partial charge >= 0.3 is 0 Å². The van der Waals surface area contributed by atoms with Crippen LogP contribution in [0.4, 0.5) is 0 Å². The van der Waals surface area contributed by atoms with Gasteiger partial charge in [-0.25, -0.2) is 0 Å². The van der Waals surface area contributed by atoms with Crippen LogP contribution < -0.4 is 11.3 Å². The number of aryl methyl sites for hydroxylation is 2. The summed E-state index contributed by atoms with van der Waals surface area (Å²) in [5, 5.41) is 5.34. The molecule has 3 rings (SSSR count). The van der Waals surface area contributed by atoms with Crippen LogP contribution in [0.15, 0.2) is 48.8 Å². The fraction of sp³-hybridized carbons (Fsp3) is 0.250. The van der Waals surface area contributed by atoms with E-state index in [9.17, 15) is 0 Å². The van der Waals surface area contributed by atoms with Crippen LogP contribution in [0.25, 0.3) is 10.9 Å². The van der Waals surface area contributed by atoms with Gasteiger partial charge in [-0.3, -0.25) is 20.9 Å². The van der Waals surface area contributed by atoms with E-state index in [1.165, 1.54) is 11.3 Å². The molecule has 0 bridgehead atoms. The van der Waals surface area contributed by atoms with Crippen molar-refractivity contribution in [3.05, 3.63) is 60.0 Å². The quantitative estimate of drug-likeness (QED) is 0.555. The van der Waals surface area contributed by atoms with Crippen LogP contribution in [-0.4, -0.2) is 14.8 Å². The Kier molecular flexibility index (Phi) is 3.94. The van der Waals surface area contributed by atoms with Gasteiger partial charge in [-0.1, -0.05) is 18.2 Å². The third-order valence-electron chi connectivity index (χ3n) is 3.87. The molecule has 2 aromatic heterocycles. The number of hydrazine groups is 1. The van der Waals surface area contributed by atoms with Crippen LogP contribution >= 0.6 is 0 Å². The minimum absolute atomic E-state index is 0.0906. The van der Waals surface area contributed by atoms with Crippen LogP contribution in [0.2, 0.25) is 0 Å². The lowest BCUT2D eigenvalue weighted by atomic mass is 9.97. The molecule has 0 aliphatic carbocycles. The second kappa shape index (κ2) is 6.03. The minimum Gasteiger partial charge on any atom is -0.273 e. The van der Waals surface area contributed by atoms with E-state index in [1.54, 1.807) is 0 Å². The molecule has 5 nitrogen and oxygen atoms in total. The summed E-state index contributed by atoms with van der Waals surface area (Å²) < 4.78 is 1.90. The van der Waals surface area contributed by atoms with Gasteiger partial charge in [-0.2, -0.15) is 5.10 Å². The molecular weight excluding hydrogens is 262 g/mol. The Bertz CT molecular complexity index is 729. The molecule has 1 atom stereocenters. The number of benzene rings is 1. The lowest BCUT2D eigenvalue weighted by molar-refractivity contribution is 0.509. The zero-order chi connectivity index (χ0) is 14.7. The highest BCUT2D eigenvalue weighted by molar-refractivity contribution is 5.82. The summed E-state index contributed by atoms with van der Waals surface area (Å²) in [5.41, 5.74) is 6.32. The average Bonchev–Trinajstić information content (AvgIpc) is 2.93. The number of nitrogens with one attached hydrogen (secondary N) is 1. The van der Waals surface area contributed by atoms with E-state index in [4.69, 9.17) is 5.84 Å². The van der Waals surface area contributed by atoms with Gasteiger partial charge in [-0.15, -0.1) is 0 Å². The van der Waals surface area contributed by atoms with Gasteiger partial charge < -0.3 is 0 Å². The van der Waals surface area contributed by atoms with Crippen LogP contribution in [-0.2, 0) is 13.5 Å². The largest absolute Gasteiger partial charge is 0.273 e. The topological polar surface area (TPSA) is 68.8 Å². The highest BCUT2D eigenvalue weighted by atomic mass is 15.3. The molecule has 0 aliphatic heterocycles. The molecule has 21 heavy (non-hydrogen) atoms. The molecule has 0 amide bonds. The van der Waals surface area contributed by atoms with Gasteiger partial charge in [0.15, 0.2) is 0 Å². The maximum absolute atomic E-state index is 5.78. The fourth-order valence-electron chi connectivity index (χ4n) is 2.70. The van der Waals surface area contributed by atoms with Crippen LogP contribution in [0.5, 0.6) is 0 Å². The van der Waals surface area contributed by atoms with Gasteiger partial charge in [0.1, 0.15) is 0 Å². The number of aromatic nitrogens is 3. The Morgan fingerprint density at radius 2 is 2.10 bits per heavy atom. The molecule has 0 saturated carbocycles. The maximum atomic E-state index is 5.78. The van der Waals surface area contributed by atoms with Crippen LogP contribution in [0, 0.1) is 0 Å². The molecule has 0 aliphatic rings. The molecule has 1 aromatic carbocycles. The summed E-state index contributed by atoms with van der Waals surface area (Å²) in [4.78, 5) is 4.40. The minimum atomic E-state index is 0.0906. The van der Waals surface area contributed by atoms with E-state index in [1.807, 2.05) is 48.4 Å². The van der Waals surface area contributed by atoms with E-state index < -0.39 is 0 Å². The molecule has 0 spiro atoms. The van der Waals surface area contributed by atoms with Crippen molar-refractivity contribution in [2.24, 2.45) is 12.9 Å². The summed E-state index contributed by atoms with van der Waals surface area (Å²) in [5.74, 6) is 5.78. The SMILES string of the molecule is Cn1nccc1CCC(NN)c1cccc2ncccc12. The predicted octanol–water partition coefficient (Wildman–Crippen LogP) is 2.11. The molecule has 3 N–H and O–H groups in total. The average molecular weight is 281 g/mol. The summed E-state index contributed by atoms with van der Waals surface area (Å²) in [6, 6.07) is 12.3. The van der Waals surface area contributed by atoms with Crippen LogP contribution in [0.3, 0.4) is 0 Å². The summed E-state index contributed by atoms with van der Waals surface area (Å²) in [6.07, 6.45) is 5.46. The van der Waals surface area contributed by atoms with Crippen molar-refractivity contribution in [1.82, 2.24) is 20.2 Å². The Balaban J connectivity index is 1.86. The van der Waals surface area contributed by atoms with Gasteiger partial charge in [0.2, 0.25) is 0 Å². The smallest absolute Gasteiger partial charge is 0.0705 e. The number of nitrogens with zero attached hydrogens (tertiary/aromatic N) is 3. The summed E-state index contributed by atoms with van der Waals surface area (Å²) in [6.45, 7) is 0. The molecule has 5 heteroatoms.